The van der Waals surface area contributed by atoms with Crippen LogP contribution in [0.4, 0.5) is 4.79 Å². The van der Waals surface area contributed by atoms with E-state index >= 15 is 0 Å². The molecule has 0 aliphatic rings. The second-order valence-corrected chi connectivity index (χ2v) is 4.56. The Bertz CT molecular complexity index is 521. The number of hydrogen-bond acceptors (Lipinski definition) is 9. The van der Waals surface area contributed by atoms with E-state index in [0.29, 0.717) is 17.9 Å². The van der Waals surface area contributed by atoms with Gasteiger partial charge in [-0.1, -0.05) is 0 Å². The van der Waals surface area contributed by atoms with Gasteiger partial charge < -0.3 is 18.9 Å². The van der Waals surface area contributed by atoms with E-state index in [1.165, 1.54) is 26.4 Å². The third kappa shape index (κ3) is 6.71. The van der Waals surface area contributed by atoms with E-state index < -0.39 is 12.1 Å². The van der Waals surface area contributed by atoms with Gasteiger partial charge >= 0.3 is 12.1 Å². The predicted molar refractivity (Wildman–Crippen MR) is 79.6 cm³/mol. The molecule has 0 saturated carbocycles. The summed E-state index contributed by atoms with van der Waals surface area (Å²) in [5.74, 6) is -0.143. The zero-order chi connectivity index (χ0) is 17.9. The van der Waals surface area contributed by atoms with Crippen LogP contribution >= 0.6 is 0 Å². The lowest BCUT2D eigenvalue weighted by atomic mass is 10.2. The topological polar surface area (TPSA) is 98.8 Å². The summed E-state index contributed by atoms with van der Waals surface area (Å²) in [6.45, 7) is 1.88. The van der Waals surface area contributed by atoms with Crippen molar-refractivity contribution in [2.24, 2.45) is 0 Å². The number of ether oxygens (including phenoxy) is 4. The molecule has 0 saturated heterocycles. The van der Waals surface area contributed by atoms with Crippen molar-refractivity contribution in [2.75, 3.05) is 27.9 Å². The number of carbonyl (C=O) groups excluding carboxylic acids is 2. The minimum absolute atomic E-state index is 0.0677. The van der Waals surface area contributed by atoms with Gasteiger partial charge in [0.15, 0.2) is 0 Å². The Hall–Kier alpha value is -2.52. The number of benzene rings is 1. The van der Waals surface area contributed by atoms with Crippen LogP contribution in [0.2, 0.25) is 0 Å². The van der Waals surface area contributed by atoms with Gasteiger partial charge in [-0.25, -0.2) is 14.5 Å². The van der Waals surface area contributed by atoms with Crippen molar-refractivity contribution in [3.05, 3.63) is 23.8 Å². The van der Waals surface area contributed by atoms with Gasteiger partial charge in [-0.2, -0.15) is 0 Å². The van der Waals surface area contributed by atoms with Gasteiger partial charge in [-0.15, -0.1) is 0 Å². The average molecular weight is 344 g/mol. The minimum atomic E-state index is -1.14. The van der Waals surface area contributed by atoms with Crippen molar-refractivity contribution in [3.63, 3.8) is 0 Å². The molecule has 0 heterocycles. The van der Waals surface area contributed by atoms with Crippen molar-refractivity contribution in [2.45, 2.75) is 19.4 Å². The van der Waals surface area contributed by atoms with E-state index in [2.05, 4.69) is 19.6 Å². The largest absolute Gasteiger partial charge is 0.543 e. The zero-order valence-corrected chi connectivity index (χ0v) is 13.9. The van der Waals surface area contributed by atoms with Crippen LogP contribution in [0.15, 0.2) is 18.2 Å². The molecule has 0 aliphatic heterocycles. The van der Waals surface area contributed by atoms with Gasteiger partial charge in [0, 0.05) is 19.6 Å². The summed E-state index contributed by atoms with van der Waals surface area (Å²) in [6, 6.07) is 4.38. The lowest BCUT2D eigenvalue weighted by Crippen LogP contribution is -2.15. The monoisotopic (exact) mass is 344 g/mol. The third-order valence-electron chi connectivity index (χ3n) is 2.95. The molecular weight excluding hydrogens is 324 g/mol. The molecule has 1 aromatic rings. The Morgan fingerprint density at radius 2 is 1.62 bits per heavy atom. The van der Waals surface area contributed by atoms with Gasteiger partial charge in [0.2, 0.25) is 0 Å². The van der Waals surface area contributed by atoms with Gasteiger partial charge in [0.1, 0.15) is 11.5 Å². The minimum Gasteiger partial charge on any atom is -0.497 e. The standard InChI is InChI=1S/C15H20O9/c1-10(18-2)5-6-21-15(17)23-24-22-14(16)11-7-12(19-3)9-13(8-11)20-4/h7-10H,5-6H2,1-4H3. The van der Waals surface area contributed by atoms with Crippen molar-refractivity contribution in [3.8, 4) is 11.5 Å². The molecule has 0 radical (unpaired) electrons. The van der Waals surface area contributed by atoms with Gasteiger partial charge in [-0.3, -0.25) is 4.89 Å². The molecule has 0 N–H and O–H groups in total. The first-order valence-corrected chi connectivity index (χ1v) is 6.98. The third-order valence-corrected chi connectivity index (χ3v) is 2.95. The number of hydrogen-bond donors (Lipinski definition) is 0. The molecule has 9 nitrogen and oxygen atoms in total. The predicted octanol–water partition coefficient (Wildman–Crippen LogP) is 2.29. The van der Waals surface area contributed by atoms with Crippen LogP contribution in [0.5, 0.6) is 11.5 Å². The lowest BCUT2D eigenvalue weighted by Gasteiger charge is -2.09. The Morgan fingerprint density at radius 3 is 2.17 bits per heavy atom. The molecule has 0 spiro atoms. The number of carbonyl (C=O) groups is 2. The Morgan fingerprint density at radius 1 is 1.00 bits per heavy atom. The fourth-order valence-corrected chi connectivity index (χ4v) is 1.50. The summed E-state index contributed by atoms with van der Waals surface area (Å²) in [5.41, 5.74) is 0.0806. The molecule has 9 heteroatoms. The molecule has 0 aromatic heterocycles. The summed E-state index contributed by atoms with van der Waals surface area (Å²) in [5, 5.41) is 4.11. The van der Waals surface area contributed by atoms with E-state index in [9.17, 15) is 9.59 Å². The van der Waals surface area contributed by atoms with Crippen LogP contribution in [0.25, 0.3) is 0 Å². The molecule has 0 bridgehead atoms. The smallest absolute Gasteiger partial charge is 0.497 e. The quantitative estimate of drug-likeness (QED) is 0.379. The lowest BCUT2D eigenvalue weighted by molar-refractivity contribution is -0.452. The SMILES string of the molecule is COc1cc(OC)cc(C(=O)OOOC(=O)OCCC(C)OC)c1. The van der Waals surface area contributed by atoms with Crippen LogP contribution in [0.1, 0.15) is 23.7 Å². The molecular formula is C15H20O9. The molecule has 0 aliphatic carbocycles. The average Bonchev–Trinajstić information content (AvgIpc) is 2.60. The Labute approximate surface area is 139 Å². The summed E-state index contributed by atoms with van der Waals surface area (Å²) in [4.78, 5) is 31.5. The maximum atomic E-state index is 11.8. The highest BCUT2D eigenvalue weighted by molar-refractivity contribution is 5.90. The second kappa shape index (κ2) is 10.3. The first-order valence-electron chi connectivity index (χ1n) is 6.98. The van der Waals surface area contributed by atoms with Crippen LogP contribution in [-0.2, 0) is 24.3 Å². The molecule has 134 valence electrons. The highest BCUT2D eigenvalue weighted by atomic mass is 17.5. The van der Waals surface area contributed by atoms with Crippen LogP contribution < -0.4 is 9.47 Å². The van der Waals surface area contributed by atoms with Crippen LogP contribution in [-0.4, -0.2) is 46.2 Å². The van der Waals surface area contributed by atoms with E-state index in [1.807, 2.05) is 6.92 Å². The molecule has 0 fully saturated rings. The van der Waals surface area contributed by atoms with Crippen molar-refractivity contribution in [1.29, 1.82) is 0 Å². The second-order valence-electron chi connectivity index (χ2n) is 4.56. The van der Waals surface area contributed by atoms with Gasteiger partial charge in [0.05, 0.1) is 37.5 Å². The molecule has 0 amide bonds. The highest BCUT2D eigenvalue weighted by Gasteiger charge is 2.15. The van der Waals surface area contributed by atoms with E-state index in [-0.39, 0.29) is 18.3 Å². The van der Waals surface area contributed by atoms with Crippen LogP contribution in [0.3, 0.4) is 0 Å². The summed E-state index contributed by atoms with van der Waals surface area (Å²) in [6.07, 6.45) is -0.733. The fourth-order valence-electron chi connectivity index (χ4n) is 1.50. The molecule has 1 atom stereocenters. The highest BCUT2D eigenvalue weighted by Crippen LogP contribution is 2.23. The zero-order valence-electron chi connectivity index (χ0n) is 13.9. The molecule has 24 heavy (non-hydrogen) atoms. The van der Waals surface area contributed by atoms with E-state index in [1.54, 1.807) is 13.2 Å². The molecule has 1 rings (SSSR count). The first-order chi connectivity index (χ1) is 11.5. The molecule has 1 aromatic carbocycles. The summed E-state index contributed by atoms with van der Waals surface area (Å²) >= 11 is 0. The number of rotatable bonds is 9. The normalized spacial score (nSPS) is 11.3. The van der Waals surface area contributed by atoms with Crippen LogP contribution in [0, 0.1) is 0 Å². The Kier molecular flexibility index (Phi) is 8.37. The first kappa shape index (κ1) is 19.5. The van der Waals surface area contributed by atoms with E-state index in [0.717, 1.165) is 0 Å². The van der Waals surface area contributed by atoms with Crippen molar-refractivity contribution in [1.82, 2.24) is 0 Å². The maximum Gasteiger partial charge on any atom is 0.543 e. The van der Waals surface area contributed by atoms with Gasteiger partial charge in [-0.05, 0) is 19.1 Å². The fraction of sp³-hybridized carbons (Fsp3) is 0.467. The van der Waals surface area contributed by atoms with Crippen molar-refractivity contribution < 1.29 is 43.3 Å². The summed E-state index contributed by atoms with van der Waals surface area (Å²) in [7, 11) is 4.41. The molecule has 1 unspecified atom stereocenters. The van der Waals surface area contributed by atoms with Crippen molar-refractivity contribution >= 4 is 12.1 Å². The number of methoxy groups -OCH3 is 3. The maximum absolute atomic E-state index is 11.8. The summed E-state index contributed by atoms with van der Waals surface area (Å²) < 4.78 is 19.7. The van der Waals surface area contributed by atoms with Gasteiger partial charge in [0.25, 0.3) is 0 Å². The Balaban J connectivity index is 2.39. The van der Waals surface area contributed by atoms with E-state index in [4.69, 9.17) is 14.2 Å².